The maximum atomic E-state index is 6.46. The van der Waals surface area contributed by atoms with Crippen LogP contribution in [0.15, 0.2) is 162 Å². The number of para-hydroxylation sites is 1. The van der Waals surface area contributed by atoms with Crippen molar-refractivity contribution in [2.45, 2.75) is 19.3 Å². The summed E-state index contributed by atoms with van der Waals surface area (Å²) in [6.07, 6.45) is 0. The predicted molar refractivity (Wildman–Crippen MR) is 195 cm³/mol. The van der Waals surface area contributed by atoms with Crippen LogP contribution in [0.4, 0.5) is 17.1 Å². The highest BCUT2D eigenvalue weighted by Gasteiger charge is 2.35. The number of aromatic nitrogens is 1. The molecule has 224 valence electrons. The highest BCUT2D eigenvalue weighted by Crippen LogP contribution is 2.50. The lowest BCUT2D eigenvalue weighted by Crippen LogP contribution is -2.15. The minimum absolute atomic E-state index is 0.0314. The Bertz CT molecular complexity index is 2420. The highest BCUT2D eigenvalue weighted by atomic mass is 16.3. The Morgan fingerprint density at radius 1 is 0.511 bits per heavy atom. The minimum atomic E-state index is -0.0314. The van der Waals surface area contributed by atoms with E-state index >= 15 is 0 Å². The van der Waals surface area contributed by atoms with Gasteiger partial charge in [0.15, 0.2) is 5.58 Å². The zero-order chi connectivity index (χ0) is 31.5. The van der Waals surface area contributed by atoms with Crippen LogP contribution in [0.1, 0.15) is 25.0 Å². The molecule has 0 saturated heterocycles. The first-order valence-electron chi connectivity index (χ1n) is 16.1. The van der Waals surface area contributed by atoms with Crippen LogP contribution in [-0.2, 0) is 5.41 Å². The molecule has 0 amide bonds. The summed E-state index contributed by atoms with van der Waals surface area (Å²) in [5.41, 5.74) is 13.5. The van der Waals surface area contributed by atoms with Crippen LogP contribution < -0.4 is 4.90 Å². The summed E-state index contributed by atoms with van der Waals surface area (Å²) < 4.78 is 6.46. The first-order chi connectivity index (χ1) is 23.1. The number of fused-ring (bicyclic) bond motifs is 6. The third-order valence-corrected chi connectivity index (χ3v) is 9.68. The van der Waals surface area contributed by atoms with Gasteiger partial charge in [-0.3, -0.25) is 0 Å². The van der Waals surface area contributed by atoms with Crippen LogP contribution in [0.3, 0.4) is 0 Å². The van der Waals surface area contributed by atoms with E-state index in [0.717, 1.165) is 55.6 Å². The van der Waals surface area contributed by atoms with Gasteiger partial charge in [0.1, 0.15) is 5.52 Å². The smallest absolute Gasteiger partial charge is 0.227 e. The van der Waals surface area contributed by atoms with Gasteiger partial charge >= 0.3 is 0 Å². The van der Waals surface area contributed by atoms with Gasteiger partial charge in [0.05, 0.1) is 0 Å². The summed E-state index contributed by atoms with van der Waals surface area (Å²) in [7, 11) is 0. The van der Waals surface area contributed by atoms with Gasteiger partial charge in [0, 0.05) is 39.0 Å². The molecule has 1 heterocycles. The lowest BCUT2D eigenvalue weighted by molar-refractivity contribution is 0.623. The van der Waals surface area contributed by atoms with Crippen LogP contribution >= 0.6 is 0 Å². The molecule has 0 fully saturated rings. The van der Waals surface area contributed by atoms with Gasteiger partial charge < -0.3 is 9.32 Å². The molecule has 47 heavy (non-hydrogen) atoms. The van der Waals surface area contributed by atoms with E-state index in [9.17, 15) is 0 Å². The molecule has 0 aliphatic heterocycles. The Labute approximate surface area is 274 Å². The molecule has 1 aliphatic rings. The van der Waals surface area contributed by atoms with E-state index < -0.39 is 0 Å². The number of hydrogen-bond acceptors (Lipinski definition) is 3. The van der Waals surface area contributed by atoms with Crippen molar-refractivity contribution in [3.05, 3.63) is 169 Å². The molecule has 0 unspecified atom stereocenters. The minimum Gasteiger partial charge on any atom is -0.435 e. The van der Waals surface area contributed by atoms with Crippen molar-refractivity contribution in [2.24, 2.45) is 0 Å². The quantitative estimate of drug-likeness (QED) is 0.196. The van der Waals surface area contributed by atoms with Crippen molar-refractivity contribution in [3.8, 4) is 33.7 Å². The van der Waals surface area contributed by atoms with Crippen molar-refractivity contribution < 1.29 is 4.42 Å². The van der Waals surface area contributed by atoms with E-state index in [1.807, 2.05) is 30.3 Å². The molecule has 1 aliphatic carbocycles. The normalized spacial score (nSPS) is 13.1. The Kier molecular flexibility index (Phi) is 6.16. The summed E-state index contributed by atoms with van der Waals surface area (Å²) in [6, 6.07) is 55.9. The van der Waals surface area contributed by atoms with Crippen LogP contribution in [0.25, 0.3) is 55.6 Å². The van der Waals surface area contributed by atoms with Crippen molar-refractivity contribution in [1.29, 1.82) is 0 Å². The van der Waals surface area contributed by atoms with Gasteiger partial charge in [-0.1, -0.05) is 117 Å². The summed E-state index contributed by atoms with van der Waals surface area (Å²) in [5, 5.41) is 2.19. The van der Waals surface area contributed by atoms with E-state index in [1.54, 1.807) is 0 Å². The summed E-state index contributed by atoms with van der Waals surface area (Å²) >= 11 is 0. The Morgan fingerprint density at radius 2 is 1.15 bits per heavy atom. The lowest BCUT2D eigenvalue weighted by Gasteiger charge is -2.27. The molecule has 3 heteroatoms. The first kappa shape index (κ1) is 27.4. The van der Waals surface area contributed by atoms with Gasteiger partial charge in [-0.05, 0) is 87.8 Å². The SMILES string of the molecule is CC1(C)c2ccccc2-c2cc(N(c3ccccc3)c3ccc(-c4cc5ccccc5c5oc(-c6ccccc6)nc45)cc3)ccc21. The number of nitrogens with zero attached hydrogens (tertiary/aromatic N) is 2. The lowest BCUT2D eigenvalue weighted by atomic mass is 9.82. The number of oxazole rings is 1. The Morgan fingerprint density at radius 3 is 1.96 bits per heavy atom. The zero-order valence-corrected chi connectivity index (χ0v) is 26.3. The standard InChI is InChI=1S/C44H32N2O/c1-44(2)39-20-12-11-19-36(39)38-28-34(25-26-40(38)44)46(32-16-7-4-8-17-32)33-23-21-29(22-24-33)37-27-31-15-9-10-18-35(31)42-41(37)45-43(47-42)30-13-5-3-6-14-30/h3-28H,1-2H3. The maximum Gasteiger partial charge on any atom is 0.227 e. The number of hydrogen-bond donors (Lipinski definition) is 0. The first-order valence-corrected chi connectivity index (χ1v) is 16.1. The number of rotatable bonds is 5. The van der Waals surface area contributed by atoms with Crippen LogP contribution in [0, 0.1) is 0 Å². The van der Waals surface area contributed by atoms with E-state index in [2.05, 4.69) is 146 Å². The van der Waals surface area contributed by atoms with Gasteiger partial charge in [-0.2, -0.15) is 0 Å². The third kappa shape index (κ3) is 4.39. The molecular formula is C44H32N2O. The Hall–Kier alpha value is -5.93. The molecule has 0 N–H and O–H groups in total. The Balaban J connectivity index is 1.18. The van der Waals surface area contributed by atoms with Gasteiger partial charge in [0.2, 0.25) is 5.89 Å². The predicted octanol–water partition coefficient (Wildman–Crippen LogP) is 12.1. The van der Waals surface area contributed by atoms with Gasteiger partial charge in [0.25, 0.3) is 0 Å². The van der Waals surface area contributed by atoms with E-state index in [-0.39, 0.29) is 5.41 Å². The van der Waals surface area contributed by atoms with E-state index in [0.29, 0.717) is 5.89 Å². The molecule has 0 saturated carbocycles. The van der Waals surface area contributed by atoms with E-state index in [1.165, 1.54) is 22.3 Å². The van der Waals surface area contributed by atoms with E-state index in [4.69, 9.17) is 9.40 Å². The van der Waals surface area contributed by atoms with Crippen molar-refractivity contribution in [2.75, 3.05) is 4.90 Å². The average molecular weight is 605 g/mol. The second kappa shape index (κ2) is 10.6. The fourth-order valence-corrected chi connectivity index (χ4v) is 7.32. The maximum absolute atomic E-state index is 6.46. The van der Waals surface area contributed by atoms with Crippen LogP contribution in [0.2, 0.25) is 0 Å². The molecule has 3 nitrogen and oxygen atoms in total. The molecule has 9 rings (SSSR count). The summed E-state index contributed by atoms with van der Waals surface area (Å²) in [5.74, 6) is 0.631. The van der Waals surface area contributed by atoms with Crippen LogP contribution in [0.5, 0.6) is 0 Å². The molecule has 1 aromatic heterocycles. The van der Waals surface area contributed by atoms with Crippen molar-refractivity contribution in [1.82, 2.24) is 4.98 Å². The molecular weight excluding hydrogens is 572 g/mol. The molecule has 8 aromatic rings. The average Bonchev–Trinajstić information content (AvgIpc) is 3.67. The highest BCUT2D eigenvalue weighted by molar-refractivity contribution is 6.10. The largest absolute Gasteiger partial charge is 0.435 e. The van der Waals surface area contributed by atoms with Gasteiger partial charge in [-0.25, -0.2) is 4.98 Å². The topological polar surface area (TPSA) is 29.3 Å². The third-order valence-electron chi connectivity index (χ3n) is 9.68. The van der Waals surface area contributed by atoms with Crippen LogP contribution in [-0.4, -0.2) is 4.98 Å². The zero-order valence-electron chi connectivity index (χ0n) is 26.3. The monoisotopic (exact) mass is 604 g/mol. The fourth-order valence-electron chi connectivity index (χ4n) is 7.32. The van der Waals surface area contributed by atoms with Crippen molar-refractivity contribution >= 4 is 38.9 Å². The molecule has 0 spiro atoms. The fraction of sp³-hybridized carbons (Fsp3) is 0.0682. The number of anilines is 3. The molecule has 0 bridgehead atoms. The van der Waals surface area contributed by atoms with Gasteiger partial charge in [-0.15, -0.1) is 0 Å². The second-order valence-electron chi connectivity index (χ2n) is 12.8. The molecule has 0 radical (unpaired) electrons. The molecule has 7 aromatic carbocycles. The summed E-state index contributed by atoms with van der Waals surface area (Å²) in [6.45, 7) is 4.65. The molecule has 0 atom stereocenters. The summed E-state index contributed by atoms with van der Waals surface area (Å²) in [4.78, 5) is 7.39. The number of benzene rings is 7. The second-order valence-corrected chi connectivity index (χ2v) is 12.8. The van der Waals surface area contributed by atoms with Crippen molar-refractivity contribution in [3.63, 3.8) is 0 Å².